The molecule has 3 rings (SSSR count). The molecule has 2 fully saturated rings. The molecule has 1 saturated heterocycles. The Morgan fingerprint density at radius 1 is 1.35 bits per heavy atom. The van der Waals surface area contributed by atoms with Crippen LogP contribution in [0.1, 0.15) is 50.5 Å². The molecule has 2 bridgehead atoms. The third-order valence-electron chi connectivity index (χ3n) is 4.61. The van der Waals surface area contributed by atoms with E-state index in [1.54, 1.807) is 18.2 Å². The summed E-state index contributed by atoms with van der Waals surface area (Å²) in [5.74, 6) is 0.0268. The van der Waals surface area contributed by atoms with Crippen LogP contribution in [0.5, 0.6) is 0 Å². The number of amides is 1. The average Bonchev–Trinajstić information content (AvgIpc) is 2.57. The molecule has 2 heterocycles. The van der Waals surface area contributed by atoms with Gasteiger partial charge in [0.2, 0.25) is 0 Å². The van der Waals surface area contributed by atoms with E-state index in [1.165, 1.54) is 6.42 Å². The molecule has 2 atom stereocenters. The van der Waals surface area contributed by atoms with Crippen LogP contribution in [0, 0.1) is 10.8 Å². The third kappa shape index (κ3) is 2.44. The summed E-state index contributed by atoms with van der Waals surface area (Å²) in [6, 6.07) is 5.59. The van der Waals surface area contributed by atoms with E-state index in [-0.39, 0.29) is 11.3 Å². The van der Waals surface area contributed by atoms with Gasteiger partial charge in [-0.1, -0.05) is 38.4 Å². The number of carbonyl (C=O) groups is 1. The van der Waals surface area contributed by atoms with E-state index in [2.05, 4.69) is 25.8 Å². The van der Waals surface area contributed by atoms with Crippen molar-refractivity contribution in [2.75, 3.05) is 6.54 Å². The summed E-state index contributed by atoms with van der Waals surface area (Å²) in [5.41, 5.74) is 1.03. The van der Waals surface area contributed by atoms with Crippen LogP contribution in [-0.2, 0) is 0 Å². The molecule has 0 radical (unpaired) electrons. The molecule has 1 saturated carbocycles. The lowest BCUT2D eigenvalue weighted by Gasteiger charge is -2.39. The van der Waals surface area contributed by atoms with E-state index >= 15 is 0 Å². The molecule has 1 aliphatic carbocycles. The highest BCUT2D eigenvalue weighted by Gasteiger charge is 2.51. The first-order valence-electron chi connectivity index (χ1n) is 7.22. The molecule has 3 nitrogen and oxygen atoms in total. The van der Waals surface area contributed by atoms with Gasteiger partial charge in [-0.2, -0.15) is 0 Å². The Morgan fingerprint density at radius 2 is 2.10 bits per heavy atom. The van der Waals surface area contributed by atoms with Gasteiger partial charge >= 0.3 is 0 Å². The molecule has 20 heavy (non-hydrogen) atoms. The SMILES string of the molecule is CC1(C)CC2CC(C)(CN2C(=O)c2cccc(Cl)n2)C1. The Balaban J connectivity index is 1.87. The summed E-state index contributed by atoms with van der Waals surface area (Å²) in [5, 5.41) is 0.379. The number of nitrogens with zero attached hydrogens (tertiary/aromatic N) is 2. The summed E-state index contributed by atoms with van der Waals surface area (Å²) < 4.78 is 0. The van der Waals surface area contributed by atoms with E-state index in [4.69, 9.17) is 11.6 Å². The van der Waals surface area contributed by atoms with Gasteiger partial charge in [0.05, 0.1) is 0 Å². The van der Waals surface area contributed by atoms with Crippen molar-refractivity contribution in [3.63, 3.8) is 0 Å². The molecule has 2 unspecified atom stereocenters. The molecule has 4 heteroatoms. The van der Waals surface area contributed by atoms with E-state index in [0.29, 0.717) is 22.3 Å². The van der Waals surface area contributed by atoms with Crippen molar-refractivity contribution in [2.45, 2.75) is 46.1 Å². The normalized spacial score (nSPS) is 31.4. The summed E-state index contributed by atoms with van der Waals surface area (Å²) in [4.78, 5) is 18.9. The largest absolute Gasteiger partial charge is 0.334 e. The first-order valence-corrected chi connectivity index (χ1v) is 7.59. The molecule has 0 aromatic carbocycles. The number of fused-ring (bicyclic) bond motifs is 2. The lowest BCUT2D eigenvalue weighted by molar-refractivity contribution is 0.0702. The van der Waals surface area contributed by atoms with Crippen LogP contribution in [0.4, 0.5) is 0 Å². The van der Waals surface area contributed by atoms with Gasteiger partial charge in [-0.05, 0) is 42.2 Å². The Hall–Kier alpha value is -1.09. The van der Waals surface area contributed by atoms with Gasteiger partial charge in [0.25, 0.3) is 5.91 Å². The Bertz CT molecular complexity index is 557. The highest BCUT2D eigenvalue weighted by molar-refractivity contribution is 6.29. The fourth-order valence-corrected chi connectivity index (χ4v) is 4.54. The number of hydrogen-bond donors (Lipinski definition) is 0. The zero-order chi connectivity index (χ0) is 14.5. The van der Waals surface area contributed by atoms with Crippen molar-refractivity contribution in [3.05, 3.63) is 29.0 Å². The Labute approximate surface area is 125 Å². The van der Waals surface area contributed by atoms with Crippen LogP contribution in [0.15, 0.2) is 18.2 Å². The zero-order valence-electron chi connectivity index (χ0n) is 12.3. The molecule has 0 N–H and O–H groups in total. The number of halogens is 1. The summed E-state index contributed by atoms with van der Waals surface area (Å²) in [7, 11) is 0. The maximum absolute atomic E-state index is 12.7. The lowest BCUT2D eigenvalue weighted by Crippen LogP contribution is -2.38. The number of pyridine rings is 1. The minimum atomic E-state index is 0.0268. The monoisotopic (exact) mass is 292 g/mol. The topological polar surface area (TPSA) is 33.2 Å². The van der Waals surface area contributed by atoms with Crippen molar-refractivity contribution in [3.8, 4) is 0 Å². The van der Waals surface area contributed by atoms with E-state index in [1.807, 2.05) is 4.90 Å². The minimum absolute atomic E-state index is 0.0268. The summed E-state index contributed by atoms with van der Waals surface area (Å²) in [6.45, 7) is 7.76. The Morgan fingerprint density at radius 3 is 2.80 bits per heavy atom. The predicted octanol–water partition coefficient (Wildman–Crippen LogP) is 3.78. The number of hydrogen-bond acceptors (Lipinski definition) is 2. The van der Waals surface area contributed by atoms with Crippen LogP contribution < -0.4 is 0 Å². The summed E-state index contributed by atoms with van der Waals surface area (Å²) >= 11 is 5.90. The van der Waals surface area contributed by atoms with Crippen LogP contribution in [-0.4, -0.2) is 28.4 Å². The number of likely N-dealkylation sites (tertiary alicyclic amines) is 1. The maximum Gasteiger partial charge on any atom is 0.272 e. The van der Waals surface area contributed by atoms with Gasteiger partial charge in [0, 0.05) is 12.6 Å². The molecule has 1 aromatic rings. The molecule has 1 aliphatic heterocycles. The highest BCUT2D eigenvalue weighted by Crippen LogP contribution is 2.52. The number of carbonyl (C=O) groups excluding carboxylic acids is 1. The molecule has 0 spiro atoms. The van der Waals surface area contributed by atoms with E-state index in [0.717, 1.165) is 19.4 Å². The van der Waals surface area contributed by atoms with Crippen LogP contribution in [0.25, 0.3) is 0 Å². The van der Waals surface area contributed by atoms with Crippen molar-refractivity contribution in [2.24, 2.45) is 10.8 Å². The molecule has 1 amide bonds. The van der Waals surface area contributed by atoms with Gasteiger partial charge < -0.3 is 4.90 Å². The second-order valence-electron chi connectivity index (χ2n) is 7.49. The van der Waals surface area contributed by atoms with Gasteiger partial charge in [0.1, 0.15) is 10.8 Å². The van der Waals surface area contributed by atoms with Gasteiger partial charge in [-0.3, -0.25) is 4.79 Å². The quantitative estimate of drug-likeness (QED) is 0.738. The second-order valence-corrected chi connectivity index (χ2v) is 7.88. The fourth-order valence-electron chi connectivity index (χ4n) is 4.37. The van der Waals surface area contributed by atoms with Gasteiger partial charge in [-0.15, -0.1) is 0 Å². The molecular weight excluding hydrogens is 272 g/mol. The first kappa shape index (κ1) is 13.9. The third-order valence-corrected chi connectivity index (χ3v) is 4.82. The van der Waals surface area contributed by atoms with Crippen molar-refractivity contribution < 1.29 is 4.79 Å². The molecule has 108 valence electrons. The lowest BCUT2D eigenvalue weighted by atomic mass is 9.65. The molecule has 2 aliphatic rings. The maximum atomic E-state index is 12.7. The average molecular weight is 293 g/mol. The smallest absolute Gasteiger partial charge is 0.272 e. The van der Waals surface area contributed by atoms with E-state index in [9.17, 15) is 4.79 Å². The number of aromatic nitrogens is 1. The summed E-state index contributed by atoms with van der Waals surface area (Å²) in [6.07, 6.45) is 3.38. The van der Waals surface area contributed by atoms with Crippen LogP contribution in [0.2, 0.25) is 5.15 Å². The predicted molar refractivity (Wildman–Crippen MR) is 79.8 cm³/mol. The van der Waals surface area contributed by atoms with Crippen LogP contribution in [0.3, 0.4) is 0 Å². The molecule has 1 aromatic heterocycles. The standard InChI is InChI=1S/C16H21ClN2O/c1-15(2)7-11-8-16(3,9-15)10-19(11)14(20)12-5-4-6-13(17)18-12/h4-6,11H,7-10H2,1-3H3. The fraction of sp³-hybridized carbons (Fsp3) is 0.625. The second kappa shape index (κ2) is 4.45. The Kier molecular flexibility index (Phi) is 3.09. The van der Waals surface area contributed by atoms with Crippen molar-refractivity contribution >= 4 is 17.5 Å². The van der Waals surface area contributed by atoms with Gasteiger partial charge in [-0.25, -0.2) is 4.98 Å². The highest BCUT2D eigenvalue weighted by atomic mass is 35.5. The van der Waals surface area contributed by atoms with Gasteiger partial charge in [0.15, 0.2) is 0 Å². The first-order chi connectivity index (χ1) is 9.28. The van der Waals surface area contributed by atoms with Crippen molar-refractivity contribution in [1.29, 1.82) is 0 Å². The van der Waals surface area contributed by atoms with Crippen molar-refractivity contribution in [1.82, 2.24) is 9.88 Å². The zero-order valence-corrected chi connectivity index (χ0v) is 13.1. The molecular formula is C16H21ClN2O. The van der Waals surface area contributed by atoms with Crippen LogP contribution >= 0.6 is 11.6 Å². The van der Waals surface area contributed by atoms with E-state index < -0.39 is 0 Å². The minimum Gasteiger partial charge on any atom is -0.334 e. The number of rotatable bonds is 1.